The molecule has 0 aromatic carbocycles. The van der Waals surface area contributed by atoms with Gasteiger partial charge in [-0.15, -0.1) is 0 Å². The van der Waals surface area contributed by atoms with E-state index in [0.717, 1.165) is 29.6 Å². The molecule has 0 nitrogen and oxygen atoms in total. The highest BCUT2D eigenvalue weighted by Crippen LogP contribution is 2.46. The molecule has 0 saturated heterocycles. The van der Waals surface area contributed by atoms with Crippen molar-refractivity contribution in [2.24, 2.45) is 29.6 Å². The van der Waals surface area contributed by atoms with Crippen LogP contribution in [0.1, 0.15) is 85.5 Å². The normalized spacial score (nSPS) is 37.5. The van der Waals surface area contributed by atoms with Crippen LogP contribution in [-0.4, -0.2) is 0 Å². The number of allylic oxidation sites excluding steroid dienone is 4. The van der Waals surface area contributed by atoms with Crippen molar-refractivity contribution >= 4 is 0 Å². The third-order valence-corrected chi connectivity index (χ3v) is 7.29. The summed E-state index contributed by atoms with van der Waals surface area (Å²) in [5.74, 6) is 4.45. The van der Waals surface area contributed by atoms with E-state index in [1.165, 1.54) is 57.8 Å². The highest BCUT2D eigenvalue weighted by atomic mass is 14.4. The summed E-state index contributed by atoms with van der Waals surface area (Å²) in [6, 6.07) is 0. The monoisotopic (exact) mass is 300 g/mol. The molecule has 3 rings (SSSR count). The maximum atomic E-state index is 2.64. The molecule has 0 radical (unpaired) electrons. The topological polar surface area (TPSA) is 0 Å². The summed E-state index contributed by atoms with van der Waals surface area (Å²) in [7, 11) is 0. The lowest BCUT2D eigenvalue weighted by molar-refractivity contribution is 0.235. The van der Waals surface area contributed by atoms with Crippen LogP contribution in [0.3, 0.4) is 0 Å². The van der Waals surface area contributed by atoms with E-state index in [1.807, 2.05) is 11.1 Å². The lowest BCUT2D eigenvalue weighted by Gasteiger charge is -2.39. The van der Waals surface area contributed by atoms with Crippen molar-refractivity contribution in [1.29, 1.82) is 0 Å². The molecule has 3 aliphatic carbocycles. The van der Waals surface area contributed by atoms with E-state index < -0.39 is 0 Å². The highest BCUT2D eigenvalue weighted by Gasteiger charge is 2.33. The molecule has 3 aliphatic rings. The van der Waals surface area contributed by atoms with Crippen molar-refractivity contribution in [2.75, 3.05) is 0 Å². The Morgan fingerprint density at radius 2 is 1.82 bits per heavy atom. The van der Waals surface area contributed by atoms with Gasteiger partial charge in [-0.05, 0) is 68.1 Å². The van der Waals surface area contributed by atoms with E-state index in [9.17, 15) is 0 Å². The second-order valence-electron chi connectivity index (χ2n) is 8.58. The van der Waals surface area contributed by atoms with Gasteiger partial charge in [-0.3, -0.25) is 0 Å². The molecule has 0 N–H and O–H groups in total. The Morgan fingerprint density at radius 1 is 1.09 bits per heavy atom. The van der Waals surface area contributed by atoms with Crippen molar-refractivity contribution in [3.63, 3.8) is 0 Å². The molecule has 3 atom stereocenters. The van der Waals surface area contributed by atoms with Gasteiger partial charge in [0.1, 0.15) is 0 Å². The van der Waals surface area contributed by atoms with Gasteiger partial charge in [0.25, 0.3) is 0 Å². The van der Waals surface area contributed by atoms with Gasteiger partial charge >= 0.3 is 0 Å². The van der Waals surface area contributed by atoms with Crippen LogP contribution in [0.4, 0.5) is 0 Å². The summed E-state index contributed by atoms with van der Waals surface area (Å²) in [5, 5.41) is 0. The first-order chi connectivity index (χ1) is 10.6. The van der Waals surface area contributed by atoms with E-state index in [0.29, 0.717) is 0 Å². The zero-order valence-electron chi connectivity index (χ0n) is 15.3. The van der Waals surface area contributed by atoms with Gasteiger partial charge < -0.3 is 0 Å². The average Bonchev–Trinajstić information content (AvgIpc) is 2.55. The predicted molar refractivity (Wildman–Crippen MR) is 96.8 cm³/mol. The second-order valence-corrected chi connectivity index (χ2v) is 8.58. The highest BCUT2D eigenvalue weighted by molar-refractivity contribution is 5.35. The fraction of sp³-hybridized carbons (Fsp3) is 0.818. The van der Waals surface area contributed by atoms with Crippen molar-refractivity contribution in [3.8, 4) is 0 Å². The molecule has 22 heavy (non-hydrogen) atoms. The minimum atomic E-state index is 0.743. The fourth-order valence-electron chi connectivity index (χ4n) is 5.42. The average molecular weight is 301 g/mol. The summed E-state index contributed by atoms with van der Waals surface area (Å²) in [6.07, 6.45) is 15.4. The van der Waals surface area contributed by atoms with Gasteiger partial charge in [-0.25, -0.2) is 0 Å². The zero-order valence-corrected chi connectivity index (χ0v) is 15.3. The number of rotatable bonds is 3. The predicted octanol–water partition coefficient (Wildman–Crippen LogP) is 6.92. The number of hydrogen-bond acceptors (Lipinski definition) is 0. The third kappa shape index (κ3) is 3.22. The number of hydrogen-bond donors (Lipinski definition) is 0. The summed E-state index contributed by atoms with van der Waals surface area (Å²) < 4.78 is 0. The molecule has 0 heteroatoms. The molecule has 1 fully saturated rings. The lowest BCUT2D eigenvalue weighted by atomic mass is 9.66. The summed E-state index contributed by atoms with van der Waals surface area (Å²) in [6.45, 7) is 9.87. The van der Waals surface area contributed by atoms with E-state index in [1.54, 1.807) is 5.57 Å². The van der Waals surface area contributed by atoms with Crippen LogP contribution in [-0.2, 0) is 0 Å². The smallest absolute Gasteiger partial charge is 0.00157 e. The van der Waals surface area contributed by atoms with Crippen molar-refractivity contribution in [1.82, 2.24) is 0 Å². The Morgan fingerprint density at radius 3 is 2.50 bits per heavy atom. The van der Waals surface area contributed by atoms with Crippen molar-refractivity contribution in [3.05, 3.63) is 22.8 Å². The van der Waals surface area contributed by atoms with Crippen LogP contribution in [0.25, 0.3) is 0 Å². The van der Waals surface area contributed by atoms with Gasteiger partial charge in [0, 0.05) is 0 Å². The molecule has 3 unspecified atom stereocenters. The van der Waals surface area contributed by atoms with Crippen LogP contribution < -0.4 is 0 Å². The van der Waals surface area contributed by atoms with E-state index in [2.05, 4.69) is 33.8 Å². The molecule has 0 aromatic rings. The van der Waals surface area contributed by atoms with Gasteiger partial charge in [0.05, 0.1) is 0 Å². The summed E-state index contributed by atoms with van der Waals surface area (Å²) in [5.41, 5.74) is 5.46. The molecule has 124 valence electrons. The van der Waals surface area contributed by atoms with E-state index in [-0.39, 0.29) is 0 Å². The van der Waals surface area contributed by atoms with Gasteiger partial charge in [-0.1, -0.05) is 69.8 Å². The van der Waals surface area contributed by atoms with Crippen LogP contribution >= 0.6 is 0 Å². The minimum absolute atomic E-state index is 0.743. The zero-order chi connectivity index (χ0) is 15.7. The van der Waals surface area contributed by atoms with Crippen LogP contribution in [0.15, 0.2) is 22.8 Å². The minimum Gasteiger partial charge on any atom is -0.0804 e. The van der Waals surface area contributed by atoms with Crippen LogP contribution in [0, 0.1) is 29.6 Å². The first kappa shape index (κ1) is 16.3. The molecule has 0 heterocycles. The Balaban J connectivity index is 1.69. The first-order valence-electron chi connectivity index (χ1n) is 10.0. The Kier molecular flexibility index (Phi) is 5.15. The largest absolute Gasteiger partial charge is 0.0804 e. The molecule has 0 spiro atoms. The van der Waals surface area contributed by atoms with Gasteiger partial charge in [0.2, 0.25) is 0 Å². The van der Waals surface area contributed by atoms with Crippen molar-refractivity contribution < 1.29 is 0 Å². The molecule has 1 saturated carbocycles. The molecule has 0 amide bonds. The second kappa shape index (κ2) is 6.93. The van der Waals surface area contributed by atoms with E-state index >= 15 is 0 Å². The quantitative estimate of drug-likeness (QED) is 0.496. The molecule has 0 bridgehead atoms. The van der Waals surface area contributed by atoms with Gasteiger partial charge in [-0.2, -0.15) is 0 Å². The lowest BCUT2D eigenvalue weighted by Crippen LogP contribution is -2.26. The molecule has 0 aliphatic heterocycles. The Hall–Kier alpha value is -0.520. The van der Waals surface area contributed by atoms with E-state index in [4.69, 9.17) is 0 Å². The maximum absolute atomic E-state index is 2.64. The summed E-state index contributed by atoms with van der Waals surface area (Å²) in [4.78, 5) is 0. The summed E-state index contributed by atoms with van der Waals surface area (Å²) >= 11 is 0. The Labute approximate surface area is 138 Å². The van der Waals surface area contributed by atoms with Crippen LogP contribution in [0.2, 0.25) is 0 Å². The molecular formula is C22H36. The molecular weight excluding hydrogens is 264 g/mol. The SMILES string of the molecule is CCC1CCC2=C(C1)C(C)C(C(C)C1CCC(C)CC1)=CC2. The van der Waals surface area contributed by atoms with Crippen molar-refractivity contribution in [2.45, 2.75) is 85.5 Å². The Bertz CT molecular complexity index is 445. The standard InChI is InChI=1S/C22H36/c1-5-18-8-11-20-12-13-21(17(4)22(20)14-18)16(3)19-9-6-15(2)7-10-19/h13,15-19H,5-12,14H2,1-4H3. The third-order valence-electron chi connectivity index (χ3n) is 7.29. The van der Waals surface area contributed by atoms with Gasteiger partial charge in [0.15, 0.2) is 0 Å². The van der Waals surface area contributed by atoms with Crippen LogP contribution in [0.5, 0.6) is 0 Å². The maximum Gasteiger partial charge on any atom is -0.00157 e. The first-order valence-corrected chi connectivity index (χ1v) is 10.0. The molecule has 0 aromatic heterocycles. The fourth-order valence-corrected chi connectivity index (χ4v) is 5.42.